The van der Waals surface area contributed by atoms with Gasteiger partial charge in [0.15, 0.2) is 0 Å². The minimum atomic E-state index is -3.37. The summed E-state index contributed by atoms with van der Waals surface area (Å²) in [7, 11) is -3.37. The zero-order valence-electron chi connectivity index (χ0n) is 9.96. The highest BCUT2D eigenvalue weighted by atomic mass is 32.2. The van der Waals surface area contributed by atoms with Crippen LogP contribution in [-0.2, 0) is 10.0 Å². The van der Waals surface area contributed by atoms with Crippen LogP contribution in [-0.4, -0.2) is 25.3 Å². The Labute approximate surface area is 103 Å². The van der Waals surface area contributed by atoms with Gasteiger partial charge in [0.05, 0.1) is 4.90 Å². The number of benzene rings is 1. The van der Waals surface area contributed by atoms with Crippen LogP contribution < -0.4 is 0 Å². The van der Waals surface area contributed by atoms with Gasteiger partial charge in [-0.15, -0.1) is 6.58 Å². The Bertz CT molecular complexity index is 518. The molecule has 0 spiro atoms. The Morgan fingerprint density at radius 1 is 1.41 bits per heavy atom. The molecule has 17 heavy (non-hydrogen) atoms. The topological polar surface area (TPSA) is 37.4 Å². The summed E-state index contributed by atoms with van der Waals surface area (Å²) in [5.74, 6) is 0. The average molecular weight is 251 g/mol. The number of hydrogen-bond acceptors (Lipinski definition) is 2. The van der Waals surface area contributed by atoms with Crippen LogP contribution in [0.15, 0.2) is 41.8 Å². The van der Waals surface area contributed by atoms with Crippen molar-refractivity contribution in [2.45, 2.75) is 30.7 Å². The molecular formula is C13H17NO2S. The lowest BCUT2D eigenvalue weighted by molar-refractivity contribution is 0.435. The van der Waals surface area contributed by atoms with E-state index in [0.717, 1.165) is 18.4 Å². The van der Waals surface area contributed by atoms with Crippen LogP contribution in [0.5, 0.6) is 0 Å². The maximum absolute atomic E-state index is 12.5. The summed E-state index contributed by atoms with van der Waals surface area (Å²) >= 11 is 0. The van der Waals surface area contributed by atoms with Crippen molar-refractivity contribution >= 4 is 10.0 Å². The molecule has 1 aromatic carbocycles. The van der Waals surface area contributed by atoms with Gasteiger partial charge in [0, 0.05) is 12.6 Å². The summed E-state index contributed by atoms with van der Waals surface area (Å²) in [6.45, 7) is 5.85. The van der Waals surface area contributed by atoms with Crippen LogP contribution in [0.1, 0.15) is 18.4 Å². The minimum absolute atomic E-state index is 0.164. The molecule has 0 unspecified atom stereocenters. The van der Waals surface area contributed by atoms with E-state index >= 15 is 0 Å². The first kappa shape index (κ1) is 12.3. The van der Waals surface area contributed by atoms with E-state index in [4.69, 9.17) is 0 Å². The third-order valence-electron chi connectivity index (χ3n) is 2.94. The van der Waals surface area contributed by atoms with Crippen LogP contribution in [0, 0.1) is 6.92 Å². The molecular weight excluding hydrogens is 234 g/mol. The van der Waals surface area contributed by atoms with E-state index in [2.05, 4.69) is 6.58 Å². The first-order valence-corrected chi connectivity index (χ1v) is 7.19. The van der Waals surface area contributed by atoms with Gasteiger partial charge in [-0.05, 0) is 31.4 Å². The average Bonchev–Trinajstić information content (AvgIpc) is 3.10. The van der Waals surface area contributed by atoms with E-state index in [1.165, 1.54) is 0 Å². The number of nitrogens with zero attached hydrogens (tertiary/aromatic N) is 1. The van der Waals surface area contributed by atoms with Crippen LogP contribution in [0.25, 0.3) is 0 Å². The van der Waals surface area contributed by atoms with Crippen molar-refractivity contribution in [1.29, 1.82) is 0 Å². The van der Waals surface area contributed by atoms with E-state index in [1.54, 1.807) is 22.5 Å². The molecule has 3 nitrogen and oxygen atoms in total. The van der Waals surface area contributed by atoms with Crippen LogP contribution >= 0.6 is 0 Å². The summed E-state index contributed by atoms with van der Waals surface area (Å²) in [4.78, 5) is 0.411. The molecule has 0 aliphatic heterocycles. The summed E-state index contributed by atoms with van der Waals surface area (Å²) in [6, 6.07) is 7.27. The fourth-order valence-electron chi connectivity index (χ4n) is 1.91. The Morgan fingerprint density at radius 3 is 2.59 bits per heavy atom. The summed E-state index contributed by atoms with van der Waals surface area (Å²) in [5.41, 5.74) is 0.794. The van der Waals surface area contributed by atoms with Crippen molar-refractivity contribution in [1.82, 2.24) is 4.31 Å². The van der Waals surface area contributed by atoms with E-state index in [-0.39, 0.29) is 6.04 Å². The molecule has 1 fully saturated rings. The fourth-order valence-corrected chi connectivity index (χ4v) is 3.79. The zero-order chi connectivity index (χ0) is 12.5. The van der Waals surface area contributed by atoms with Gasteiger partial charge in [-0.1, -0.05) is 24.3 Å². The standard InChI is InChI=1S/C13H17NO2S/c1-3-10-14(12-8-9-12)17(15,16)13-7-5-4-6-11(13)2/h3-7,12H,1,8-10H2,2H3. The third kappa shape index (κ3) is 2.42. The van der Waals surface area contributed by atoms with Crippen LogP contribution in [0.4, 0.5) is 0 Å². The quantitative estimate of drug-likeness (QED) is 0.753. The van der Waals surface area contributed by atoms with Gasteiger partial charge < -0.3 is 0 Å². The van der Waals surface area contributed by atoms with Crippen molar-refractivity contribution in [3.63, 3.8) is 0 Å². The second-order valence-corrected chi connectivity index (χ2v) is 6.22. The molecule has 0 heterocycles. The van der Waals surface area contributed by atoms with Crippen molar-refractivity contribution in [3.05, 3.63) is 42.5 Å². The highest BCUT2D eigenvalue weighted by Gasteiger charge is 2.37. The van der Waals surface area contributed by atoms with Crippen LogP contribution in [0.2, 0.25) is 0 Å². The number of sulfonamides is 1. The van der Waals surface area contributed by atoms with Crippen LogP contribution in [0.3, 0.4) is 0 Å². The molecule has 92 valence electrons. The molecule has 0 amide bonds. The predicted octanol–water partition coefficient (Wildman–Crippen LogP) is 2.33. The molecule has 2 rings (SSSR count). The molecule has 0 aromatic heterocycles. The molecule has 0 radical (unpaired) electrons. The largest absolute Gasteiger partial charge is 0.243 e. The molecule has 0 saturated heterocycles. The monoisotopic (exact) mass is 251 g/mol. The highest BCUT2D eigenvalue weighted by molar-refractivity contribution is 7.89. The molecule has 1 aliphatic carbocycles. The molecule has 4 heteroatoms. The van der Waals surface area contributed by atoms with E-state index in [1.807, 2.05) is 19.1 Å². The van der Waals surface area contributed by atoms with Gasteiger partial charge in [-0.3, -0.25) is 0 Å². The van der Waals surface area contributed by atoms with Crippen molar-refractivity contribution < 1.29 is 8.42 Å². The zero-order valence-corrected chi connectivity index (χ0v) is 10.8. The smallest absolute Gasteiger partial charge is 0.207 e. The van der Waals surface area contributed by atoms with Gasteiger partial charge in [-0.2, -0.15) is 4.31 Å². The second-order valence-electron chi connectivity index (χ2n) is 4.36. The van der Waals surface area contributed by atoms with Gasteiger partial charge in [0.1, 0.15) is 0 Å². The second kappa shape index (κ2) is 4.63. The first-order valence-electron chi connectivity index (χ1n) is 5.75. The minimum Gasteiger partial charge on any atom is -0.207 e. The molecule has 1 aromatic rings. The third-order valence-corrected chi connectivity index (χ3v) is 5.02. The Morgan fingerprint density at radius 2 is 2.06 bits per heavy atom. The lowest BCUT2D eigenvalue weighted by Crippen LogP contribution is -2.33. The normalized spacial score (nSPS) is 16.1. The lowest BCUT2D eigenvalue weighted by Gasteiger charge is -2.21. The molecule has 0 N–H and O–H groups in total. The number of aryl methyl sites for hydroxylation is 1. The molecule has 1 aliphatic rings. The fraction of sp³-hybridized carbons (Fsp3) is 0.385. The van der Waals surface area contributed by atoms with E-state index < -0.39 is 10.0 Å². The van der Waals surface area contributed by atoms with Crippen molar-refractivity contribution in [2.24, 2.45) is 0 Å². The molecule has 1 saturated carbocycles. The number of rotatable bonds is 5. The lowest BCUT2D eigenvalue weighted by atomic mass is 10.2. The SMILES string of the molecule is C=CCN(C1CC1)S(=O)(=O)c1ccccc1C. The number of hydrogen-bond donors (Lipinski definition) is 0. The highest BCUT2D eigenvalue weighted by Crippen LogP contribution is 2.32. The van der Waals surface area contributed by atoms with Gasteiger partial charge in [0.25, 0.3) is 0 Å². The summed E-state index contributed by atoms with van der Waals surface area (Å²) in [5, 5.41) is 0. The van der Waals surface area contributed by atoms with Gasteiger partial charge in [-0.25, -0.2) is 8.42 Å². The molecule has 0 bridgehead atoms. The maximum atomic E-state index is 12.5. The molecule has 0 atom stereocenters. The van der Waals surface area contributed by atoms with E-state index in [9.17, 15) is 8.42 Å². The Hall–Kier alpha value is -1.13. The van der Waals surface area contributed by atoms with E-state index in [0.29, 0.717) is 11.4 Å². The Balaban J connectivity index is 2.40. The van der Waals surface area contributed by atoms with Crippen molar-refractivity contribution in [2.75, 3.05) is 6.54 Å². The summed E-state index contributed by atoms with van der Waals surface area (Å²) < 4.78 is 26.6. The first-order chi connectivity index (χ1) is 8.07. The van der Waals surface area contributed by atoms with Gasteiger partial charge >= 0.3 is 0 Å². The predicted molar refractivity (Wildman–Crippen MR) is 68.3 cm³/mol. The maximum Gasteiger partial charge on any atom is 0.243 e. The van der Waals surface area contributed by atoms with Gasteiger partial charge in [0.2, 0.25) is 10.0 Å². The Kier molecular flexibility index (Phi) is 3.35. The summed E-state index contributed by atoms with van der Waals surface area (Å²) in [6.07, 6.45) is 3.56. The van der Waals surface area contributed by atoms with Crippen molar-refractivity contribution in [3.8, 4) is 0 Å².